The van der Waals surface area contributed by atoms with E-state index in [1.54, 1.807) is 24.3 Å². The number of aromatic nitrogens is 2. The van der Waals surface area contributed by atoms with Crippen molar-refractivity contribution < 1.29 is 38.4 Å². The van der Waals surface area contributed by atoms with E-state index in [0.717, 1.165) is 148 Å². The van der Waals surface area contributed by atoms with Gasteiger partial charge in [-0.05, 0) is 245 Å². The maximum atomic E-state index is 14.8. The van der Waals surface area contributed by atoms with E-state index in [0.29, 0.717) is 141 Å². The van der Waals surface area contributed by atoms with Crippen molar-refractivity contribution in [3.63, 3.8) is 0 Å². The van der Waals surface area contributed by atoms with Crippen LogP contribution in [0.2, 0.25) is 0 Å². The monoisotopic (exact) mass is 1360 g/mol. The van der Waals surface area contributed by atoms with Crippen molar-refractivity contribution in [2.45, 2.75) is 203 Å². The molecule has 0 spiro atoms. The van der Waals surface area contributed by atoms with E-state index >= 15 is 0 Å². The summed E-state index contributed by atoms with van der Waals surface area (Å²) in [6.07, 6.45) is 20.8. The summed E-state index contributed by atoms with van der Waals surface area (Å²) in [7, 11) is 0. The van der Waals surface area contributed by atoms with E-state index in [1.807, 2.05) is 48.5 Å². The van der Waals surface area contributed by atoms with Crippen molar-refractivity contribution in [2.24, 2.45) is 23.7 Å². The fourth-order valence-electron chi connectivity index (χ4n) is 22.2. The molecule has 6 heterocycles. The van der Waals surface area contributed by atoms with Crippen molar-refractivity contribution in [3.05, 3.63) is 171 Å². The van der Waals surface area contributed by atoms with Gasteiger partial charge in [-0.15, -0.1) is 0 Å². The average molecular weight is 1360 g/mol. The number of carbonyl (C=O) groups excluding carboxylic acids is 8. The van der Waals surface area contributed by atoms with Crippen LogP contribution < -0.4 is 22.2 Å². The largest absolute Gasteiger partial charge is 0.271 e. The van der Waals surface area contributed by atoms with Gasteiger partial charge >= 0.3 is 0 Å². The Morgan fingerprint density at radius 1 is 0.196 bits per heavy atom. The predicted octanol–water partition coefficient (Wildman–Crippen LogP) is 14.1. The van der Waals surface area contributed by atoms with Gasteiger partial charge in [0.05, 0.1) is 21.5 Å². The summed E-state index contributed by atoms with van der Waals surface area (Å²) >= 11 is 0. The van der Waals surface area contributed by atoms with Crippen molar-refractivity contribution in [1.29, 1.82) is 0 Å². The molecule has 0 bridgehead atoms. The number of carbonyl (C=O) groups is 8. The standard InChI is InChI=1S/C84H76N6O12/c91-73-55-31-27-51-53-29-33-57-70-58(34-30-54(68(53)70)52-28-32-56(69(55)67(51)52)74(92)85(73)45-7-3-1-4-8-45)76(94)87(75(57)93)47-19-11-41(12-20-47)42-13-21-48(22-14-42)88-77(95)59-35-37-61-72-62(38-36-60(71(59)72)78(88)96)80(98)89(79(61)97)49-23-15-43(16-24-49)44-17-25-50(26-18-44)90-83(101)65-39-63-64(40-66(65)84(90)102)82(100)86(81(63)99)46-9-5-2-6-10-46/h27-50H,1-26H2. The maximum Gasteiger partial charge on any atom is 0.261 e. The minimum Gasteiger partial charge on any atom is -0.271 e. The van der Waals surface area contributed by atoms with Crippen molar-refractivity contribution >= 4 is 123 Å². The second kappa shape index (κ2) is 22.8. The third-order valence-corrected chi connectivity index (χ3v) is 27.2. The van der Waals surface area contributed by atoms with Gasteiger partial charge in [-0.1, -0.05) is 62.8 Å². The molecule has 0 unspecified atom stereocenters. The summed E-state index contributed by atoms with van der Waals surface area (Å²) in [6, 6.07) is 23.3. The first-order valence-corrected chi connectivity index (χ1v) is 37.9. The molecule has 10 aromatic rings. The summed E-state index contributed by atoms with van der Waals surface area (Å²) in [6.45, 7) is 0. The number of benzene rings is 8. The van der Waals surface area contributed by atoms with Crippen LogP contribution in [0.25, 0.3) is 75.4 Å². The van der Waals surface area contributed by atoms with Gasteiger partial charge in [0.15, 0.2) is 0 Å². The van der Waals surface area contributed by atoms with Crippen LogP contribution in [0.15, 0.2) is 104 Å². The second-order valence-electron chi connectivity index (χ2n) is 31.9. The Balaban J connectivity index is 0.472. The van der Waals surface area contributed by atoms with Crippen LogP contribution in [0.1, 0.15) is 262 Å². The summed E-state index contributed by atoms with van der Waals surface area (Å²) in [5.41, 5.74) is 1.69. The van der Waals surface area contributed by atoms with Crippen LogP contribution in [0.4, 0.5) is 0 Å². The normalized spacial score (nSPS) is 26.2. The zero-order valence-electron chi connectivity index (χ0n) is 56.8. The van der Waals surface area contributed by atoms with E-state index in [9.17, 15) is 57.5 Å². The smallest absolute Gasteiger partial charge is 0.261 e. The minimum absolute atomic E-state index is 0.110. The van der Waals surface area contributed by atoms with E-state index in [2.05, 4.69) is 0 Å². The van der Waals surface area contributed by atoms with Crippen molar-refractivity contribution in [2.75, 3.05) is 0 Å². The first kappa shape index (κ1) is 62.0. The molecule has 0 N–H and O–H groups in total. The zero-order chi connectivity index (χ0) is 69.2. The Bertz CT molecular complexity index is 5440. The highest BCUT2D eigenvalue weighted by Crippen LogP contribution is 2.51. The van der Waals surface area contributed by atoms with Gasteiger partial charge in [-0.3, -0.25) is 86.3 Å². The molecule has 102 heavy (non-hydrogen) atoms. The van der Waals surface area contributed by atoms with Gasteiger partial charge in [-0.2, -0.15) is 0 Å². The third kappa shape index (κ3) is 8.63. The molecule has 6 saturated carbocycles. The lowest BCUT2D eigenvalue weighted by molar-refractivity contribution is 0.0390. The van der Waals surface area contributed by atoms with Crippen LogP contribution in [-0.4, -0.2) is 100 Å². The number of rotatable bonds is 8. The van der Waals surface area contributed by atoms with Gasteiger partial charge in [0.25, 0.3) is 69.5 Å². The number of hydrogen-bond donors (Lipinski definition) is 0. The Morgan fingerprint density at radius 3 is 0.647 bits per heavy atom. The molecule has 4 aliphatic heterocycles. The SMILES string of the molecule is O=C1c2ccc3c4c(ccc(c24)C(=O)N1C1CCC(C2CCC(N4C(=O)c5ccc6c7ccc8c9c(ccc(c%10ccc(c5c6%10)C4=O)c97)C(=O)N(C4CCCCC4)C8=O)CC2)CC1)C(=O)N(C1CCC(C2CCC(n4c(=O)c5cc6c(=O)n(C7CCCCC7)c(=O)c6cc5c4=O)CC2)CC1)C3=O. The Labute approximate surface area is 584 Å². The Kier molecular flexibility index (Phi) is 13.9. The summed E-state index contributed by atoms with van der Waals surface area (Å²) in [5, 5.41) is 7.96. The topological polar surface area (TPSA) is 228 Å². The molecule has 8 amide bonds. The quantitative estimate of drug-likeness (QED) is 0.0786. The molecule has 6 aliphatic carbocycles. The van der Waals surface area contributed by atoms with Gasteiger partial charge in [0.1, 0.15) is 0 Å². The zero-order valence-corrected chi connectivity index (χ0v) is 56.8. The first-order chi connectivity index (χ1) is 49.6. The minimum atomic E-state index is -0.424. The summed E-state index contributed by atoms with van der Waals surface area (Å²) < 4.78 is 2.70. The van der Waals surface area contributed by atoms with Gasteiger partial charge < -0.3 is 0 Å². The van der Waals surface area contributed by atoms with E-state index < -0.39 is 34.7 Å². The molecular formula is C84H76N6O12. The summed E-state index contributed by atoms with van der Waals surface area (Å²) in [4.78, 5) is 178. The molecule has 6 fully saturated rings. The lowest BCUT2D eigenvalue weighted by atomic mass is 9.70. The lowest BCUT2D eigenvalue weighted by Gasteiger charge is -2.43. The lowest BCUT2D eigenvalue weighted by Crippen LogP contribution is -2.50. The highest BCUT2D eigenvalue weighted by Gasteiger charge is 2.48. The molecule has 0 radical (unpaired) electrons. The Hall–Kier alpha value is -9.84. The van der Waals surface area contributed by atoms with E-state index in [1.165, 1.54) is 40.9 Å². The highest BCUT2D eigenvalue weighted by atomic mass is 16.2. The fourth-order valence-corrected chi connectivity index (χ4v) is 22.2. The van der Waals surface area contributed by atoms with Crippen molar-refractivity contribution in [1.82, 2.24) is 28.7 Å². The second-order valence-corrected chi connectivity index (χ2v) is 31.9. The predicted molar refractivity (Wildman–Crippen MR) is 386 cm³/mol. The molecule has 10 aliphatic rings. The molecule has 18 nitrogen and oxygen atoms in total. The number of fused-ring (bicyclic) bond motifs is 4. The van der Waals surface area contributed by atoms with Crippen LogP contribution in [0.5, 0.6) is 0 Å². The van der Waals surface area contributed by atoms with E-state index in [-0.39, 0.29) is 92.5 Å². The number of amides is 8. The molecule has 0 saturated heterocycles. The summed E-state index contributed by atoms with van der Waals surface area (Å²) in [5.74, 6) is -1.42. The fraction of sp³-hybridized carbons (Fsp3) is 0.429. The first-order valence-electron chi connectivity index (χ1n) is 37.9. The van der Waals surface area contributed by atoms with Gasteiger partial charge in [0.2, 0.25) is 0 Å². The Morgan fingerprint density at radius 2 is 0.392 bits per heavy atom. The average Bonchev–Trinajstić information content (AvgIpc) is 0.768. The molecular weight excluding hydrogens is 1280 g/mol. The number of hydrogen-bond acceptors (Lipinski definition) is 12. The van der Waals surface area contributed by atoms with Crippen molar-refractivity contribution in [3.8, 4) is 0 Å². The molecule has 20 rings (SSSR count). The third-order valence-electron chi connectivity index (χ3n) is 27.2. The number of imide groups is 4. The molecule has 18 heteroatoms. The molecule has 514 valence electrons. The molecule has 2 aromatic heterocycles. The number of nitrogens with zero attached hydrogens (tertiary/aromatic N) is 6. The van der Waals surface area contributed by atoms with Crippen LogP contribution in [0, 0.1) is 23.7 Å². The molecule has 8 aromatic carbocycles. The van der Waals surface area contributed by atoms with Gasteiger partial charge in [-0.25, -0.2) is 0 Å². The molecule has 0 atom stereocenters. The highest BCUT2D eigenvalue weighted by molar-refractivity contribution is 6.41. The van der Waals surface area contributed by atoms with Crippen LogP contribution in [-0.2, 0) is 0 Å². The van der Waals surface area contributed by atoms with Crippen LogP contribution >= 0.6 is 0 Å². The van der Waals surface area contributed by atoms with Crippen LogP contribution in [0.3, 0.4) is 0 Å². The van der Waals surface area contributed by atoms with E-state index in [4.69, 9.17) is 0 Å². The van der Waals surface area contributed by atoms with Gasteiger partial charge in [0, 0.05) is 102 Å². The maximum absolute atomic E-state index is 14.8.